The van der Waals surface area contributed by atoms with E-state index in [4.69, 9.17) is 15.2 Å². The molecule has 3 rings (SSSR count). The van der Waals surface area contributed by atoms with Gasteiger partial charge in [-0.3, -0.25) is 9.36 Å². The van der Waals surface area contributed by atoms with Crippen molar-refractivity contribution in [1.29, 1.82) is 0 Å². The fraction of sp³-hybridized carbons (Fsp3) is 0.250. The smallest absolute Gasteiger partial charge is 0.387 e. The molecule has 2 N–H and O–H groups in total. The molecule has 0 saturated carbocycles. The number of carbonyl (C=O) groups excluding carboxylic acids is 1. The van der Waals surface area contributed by atoms with Crippen LogP contribution in [-0.2, 0) is 4.74 Å². The van der Waals surface area contributed by atoms with Crippen molar-refractivity contribution in [1.82, 2.24) is 9.55 Å². The summed E-state index contributed by atoms with van der Waals surface area (Å²) in [6.07, 6.45) is 0. The molecular weight excluding hydrogens is 400 g/mol. The quantitative estimate of drug-likeness (QED) is 0.587. The number of ether oxygens (including phenoxy) is 3. The summed E-state index contributed by atoms with van der Waals surface area (Å²) < 4.78 is 40.7. The first kappa shape index (κ1) is 21.0. The number of aromatic nitrogens is 2. The van der Waals surface area contributed by atoms with E-state index in [2.05, 4.69) is 9.72 Å². The topological polar surface area (TPSA) is 106 Å². The number of alkyl halides is 2. The van der Waals surface area contributed by atoms with Gasteiger partial charge in [-0.15, -0.1) is 0 Å². The van der Waals surface area contributed by atoms with E-state index in [1.54, 1.807) is 26.0 Å². The van der Waals surface area contributed by atoms with Gasteiger partial charge in [0.05, 0.1) is 24.6 Å². The van der Waals surface area contributed by atoms with E-state index < -0.39 is 18.1 Å². The number of rotatable bonds is 7. The maximum absolute atomic E-state index is 13.2. The van der Waals surface area contributed by atoms with Gasteiger partial charge in [0.25, 0.3) is 5.56 Å². The molecule has 0 bridgehead atoms. The van der Waals surface area contributed by atoms with Gasteiger partial charge >= 0.3 is 12.6 Å². The van der Waals surface area contributed by atoms with Crippen molar-refractivity contribution in [2.75, 3.05) is 18.9 Å². The summed E-state index contributed by atoms with van der Waals surface area (Å²) >= 11 is 0. The summed E-state index contributed by atoms with van der Waals surface area (Å²) in [7, 11) is 0. The van der Waals surface area contributed by atoms with Crippen molar-refractivity contribution in [2.45, 2.75) is 20.5 Å². The third-order valence-corrected chi connectivity index (χ3v) is 4.13. The van der Waals surface area contributed by atoms with Gasteiger partial charge in [-0.2, -0.15) is 13.8 Å². The Labute approximate surface area is 169 Å². The number of halogens is 2. The molecule has 0 amide bonds. The Bertz CT molecular complexity index is 1130. The molecule has 158 valence electrons. The maximum Gasteiger partial charge on any atom is 0.387 e. The highest BCUT2D eigenvalue weighted by Crippen LogP contribution is 2.27. The fourth-order valence-corrected chi connectivity index (χ4v) is 2.91. The molecule has 0 spiro atoms. The summed E-state index contributed by atoms with van der Waals surface area (Å²) in [5.74, 6) is -0.712. The van der Waals surface area contributed by atoms with Crippen molar-refractivity contribution >= 4 is 22.7 Å². The fourth-order valence-electron chi connectivity index (χ4n) is 2.91. The van der Waals surface area contributed by atoms with Gasteiger partial charge in [0.2, 0.25) is 5.88 Å². The van der Waals surface area contributed by atoms with Crippen LogP contribution >= 0.6 is 0 Å². The van der Waals surface area contributed by atoms with Crippen molar-refractivity contribution in [3.05, 3.63) is 52.3 Å². The highest BCUT2D eigenvalue weighted by atomic mass is 19.3. The first-order valence-electron chi connectivity index (χ1n) is 9.07. The number of carbonyl (C=O) groups is 1. The number of fused-ring (bicyclic) bond motifs is 1. The second-order valence-electron chi connectivity index (χ2n) is 5.98. The van der Waals surface area contributed by atoms with Crippen molar-refractivity contribution in [3.63, 3.8) is 0 Å². The molecular formula is C20H19F2N3O5. The van der Waals surface area contributed by atoms with E-state index in [0.29, 0.717) is 12.0 Å². The molecule has 30 heavy (non-hydrogen) atoms. The largest absolute Gasteiger partial charge is 0.478 e. The molecule has 2 aromatic heterocycles. The molecule has 0 aliphatic rings. The molecule has 0 saturated heterocycles. The van der Waals surface area contributed by atoms with E-state index in [1.807, 2.05) is 0 Å². The van der Waals surface area contributed by atoms with Gasteiger partial charge in [0.15, 0.2) is 5.65 Å². The van der Waals surface area contributed by atoms with Crippen LogP contribution in [0, 0.1) is 0 Å². The third-order valence-electron chi connectivity index (χ3n) is 4.13. The molecule has 10 heteroatoms. The van der Waals surface area contributed by atoms with Crippen LogP contribution in [0.3, 0.4) is 0 Å². The standard InChI is InChI=1S/C20H19F2N3O5/c1-3-28-14-10-9-13-16(23)15(19(27)29-4-2)18(26)25(17(13)24-14)11-5-7-12(8-6-11)30-20(21)22/h5-10,20H,3-4,23H2,1-2H3. The van der Waals surface area contributed by atoms with E-state index in [9.17, 15) is 18.4 Å². The molecule has 0 unspecified atom stereocenters. The van der Waals surface area contributed by atoms with Crippen LogP contribution in [-0.4, -0.2) is 35.3 Å². The number of nitrogen functional groups attached to an aromatic ring is 1. The van der Waals surface area contributed by atoms with Gasteiger partial charge in [0, 0.05) is 11.5 Å². The number of hydrogen-bond acceptors (Lipinski definition) is 7. The molecule has 0 aliphatic heterocycles. The SMILES string of the molecule is CCOC(=O)c1c(N)c2ccc(OCC)nc2n(-c2ccc(OC(F)F)cc2)c1=O. The number of hydrogen-bond donors (Lipinski definition) is 1. The van der Waals surface area contributed by atoms with E-state index in [0.717, 1.165) is 4.57 Å². The zero-order chi connectivity index (χ0) is 21.8. The number of nitrogens with zero attached hydrogens (tertiary/aromatic N) is 2. The van der Waals surface area contributed by atoms with Gasteiger partial charge in [0.1, 0.15) is 11.3 Å². The van der Waals surface area contributed by atoms with Gasteiger partial charge in [-0.25, -0.2) is 4.79 Å². The second kappa shape index (κ2) is 8.76. The minimum atomic E-state index is -2.98. The number of nitrogens with two attached hydrogens (primary N) is 1. The molecule has 2 heterocycles. The Morgan fingerprint density at radius 1 is 1.13 bits per heavy atom. The highest BCUT2D eigenvalue weighted by Gasteiger charge is 2.24. The molecule has 8 nitrogen and oxygen atoms in total. The average molecular weight is 419 g/mol. The first-order chi connectivity index (χ1) is 14.4. The monoisotopic (exact) mass is 419 g/mol. The Hall–Kier alpha value is -3.69. The Morgan fingerprint density at radius 3 is 2.43 bits per heavy atom. The lowest BCUT2D eigenvalue weighted by Gasteiger charge is -2.16. The highest BCUT2D eigenvalue weighted by molar-refractivity contribution is 6.03. The minimum Gasteiger partial charge on any atom is -0.478 e. The van der Waals surface area contributed by atoms with Crippen molar-refractivity contribution in [2.24, 2.45) is 0 Å². The molecule has 0 atom stereocenters. The zero-order valence-corrected chi connectivity index (χ0v) is 16.2. The first-order valence-corrected chi connectivity index (χ1v) is 9.07. The predicted octanol–water partition coefficient (Wildman–Crippen LogP) is 3.14. The summed E-state index contributed by atoms with van der Waals surface area (Å²) in [5.41, 5.74) is 5.33. The van der Waals surface area contributed by atoms with Crippen LogP contribution < -0.4 is 20.8 Å². The van der Waals surface area contributed by atoms with E-state index in [-0.39, 0.29) is 40.8 Å². The molecule has 0 radical (unpaired) electrons. The summed E-state index contributed by atoms with van der Waals surface area (Å²) in [4.78, 5) is 29.9. The molecule has 0 aliphatic carbocycles. The van der Waals surface area contributed by atoms with Gasteiger partial charge < -0.3 is 19.9 Å². The van der Waals surface area contributed by atoms with Gasteiger partial charge in [-0.05, 0) is 44.2 Å². The van der Waals surface area contributed by atoms with Crippen molar-refractivity contribution in [3.8, 4) is 17.3 Å². The van der Waals surface area contributed by atoms with Crippen LogP contribution in [0.1, 0.15) is 24.2 Å². The van der Waals surface area contributed by atoms with Crippen LogP contribution in [0.4, 0.5) is 14.5 Å². The number of pyridine rings is 2. The Balaban J connectivity index is 2.29. The average Bonchev–Trinajstić information content (AvgIpc) is 2.69. The maximum atomic E-state index is 13.2. The third kappa shape index (κ3) is 4.02. The van der Waals surface area contributed by atoms with Crippen LogP contribution in [0.5, 0.6) is 11.6 Å². The Morgan fingerprint density at radius 2 is 1.83 bits per heavy atom. The normalized spacial score (nSPS) is 11.0. The molecule has 3 aromatic rings. The van der Waals surface area contributed by atoms with E-state index in [1.165, 1.54) is 24.3 Å². The number of esters is 1. The zero-order valence-electron chi connectivity index (χ0n) is 16.2. The van der Waals surface area contributed by atoms with Crippen LogP contribution in [0.2, 0.25) is 0 Å². The van der Waals surface area contributed by atoms with E-state index >= 15 is 0 Å². The lowest BCUT2D eigenvalue weighted by Crippen LogP contribution is -2.29. The van der Waals surface area contributed by atoms with Crippen LogP contribution in [0.15, 0.2) is 41.2 Å². The number of anilines is 1. The molecule has 1 aromatic carbocycles. The lowest BCUT2D eigenvalue weighted by atomic mass is 10.1. The lowest BCUT2D eigenvalue weighted by molar-refractivity contribution is -0.0498. The summed E-state index contributed by atoms with van der Waals surface area (Å²) in [6.45, 7) is 0.793. The number of benzene rings is 1. The Kier molecular flexibility index (Phi) is 6.14. The van der Waals surface area contributed by atoms with Crippen molar-refractivity contribution < 1.29 is 27.8 Å². The molecule has 0 fully saturated rings. The van der Waals surface area contributed by atoms with Gasteiger partial charge in [-0.1, -0.05) is 0 Å². The minimum absolute atomic E-state index is 0.0525. The second-order valence-corrected chi connectivity index (χ2v) is 5.98. The summed E-state index contributed by atoms with van der Waals surface area (Å²) in [6, 6.07) is 8.46. The van der Waals surface area contributed by atoms with Crippen LogP contribution in [0.25, 0.3) is 16.7 Å². The predicted molar refractivity (Wildman–Crippen MR) is 106 cm³/mol. The summed E-state index contributed by atoms with van der Waals surface area (Å²) in [5, 5.41) is 0.328.